The zero-order valence-electron chi connectivity index (χ0n) is 14.8. The number of carbonyl (C=O) groups excluding carboxylic acids is 1. The minimum atomic E-state index is -1.15. The number of piperazine rings is 1. The van der Waals surface area contributed by atoms with E-state index in [-0.39, 0.29) is 18.1 Å². The highest BCUT2D eigenvalue weighted by atomic mass is 19.2. The summed E-state index contributed by atoms with van der Waals surface area (Å²) in [4.78, 5) is 27.2. The number of rotatable bonds is 5. The van der Waals surface area contributed by atoms with E-state index in [0.29, 0.717) is 31.7 Å². The van der Waals surface area contributed by atoms with E-state index in [1.165, 1.54) is 23.0 Å². The van der Waals surface area contributed by atoms with Gasteiger partial charge in [0.1, 0.15) is 6.04 Å². The van der Waals surface area contributed by atoms with E-state index in [1.54, 1.807) is 17.9 Å². The summed E-state index contributed by atoms with van der Waals surface area (Å²) in [5, 5.41) is 12.8. The number of carboxylic acids is 1. The summed E-state index contributed by atoms with van der Waals surface area (Å²) in [6.45, 7) is 3.92. The zero-order valence-corrected chi connectivity index (χ0v) is 14.8. The quantitative estimate of drug-likeness (QED) is 0.858. The van der Waals surface area contributed by atoms with Gasteiger partial charge in [-0.2, -0.15) is 5.10 Å². The molecular formula is C18H20F2N4O3. The number of carbonyl (C=O) groups is 2. The lowest BCUT2D eigenvalue weighted by Gasteiger charge is -2.36. The second-order valence-corrected chi connectivity index (χ2v) is 6.48. The Hall–Kier alpha value is -2.81. The summed E-state index contributed by atoms with van der Waals surface area (Å²) in [6, 6.07) is 4.84. The first kappa shape index (κ1) is 19.0. The predicted molar refractivity (Wildman–Crippen MR) is 92.1 cm³/mol. The van der Waals surface area contributed by atoms with Crippen LogP contribution in [0.4, 0.5) is 8.78 Å². The Labute approximate surface area is 154 Å². The number of hydrogen-bond donors (Lipinski definition) is 1. The highest BCUT2D eigenvalue weighted by molar-refractivity contribution is 5.85. The van der Waals surface area contributed by atoms with Crippen molar-refractivity contribution < 1.29 is 23.5 Å². The zero-order chi connectivity index (χ0) is 19.6. The van der Waals surface area contributed by atoms with E-state index in [0.717, 1.165) is 6.07 Å². The molecule has 0 spiro atoms. The van der Waals surface area contributed by atoms with Gasteiger partial charge in [0.2, 0.25) is 5.91 Å². The normalized spacial score (nSPS) is 16.3. The summed E-state index contributed by atoms with van der Waals surface area (Å²) in [5.41, 5.74) is 0.178. The van der Waals surface area contributed by atoms with Crippen molar-refractivity contribution >= 4 is 11.9 Å². The monoisotopic (exact) mass is 378 g/mol. The van der Waals surface area contributed by atoms with Gasteiger partial charge >= 0.3 is 5.97 Å². The Morgan fingerprint density at radius 3 is 2.52 bits per heavy atom. The van der Waals surface area contributed by atoms with Crippen molar-refractivity contribution in [2.75, 3.05) is 26.2 Å². The number of halogens is 2. The maximum Gasteiger partial charge on any atom is 0.356 e. The Bertz CT molecular complexity index is 847. The maximum atomic E-state index is 13.8. The molecule has 1 aliphatic rings. The van der Waals surface area contributed by atoms with Gasteiger partial charge in [0.15, 0.2) is 17.3 Å². The molecule has 1 amide bonds. The highest BCUT2D eigenvalue weighted by Gasteiger charge is 2.27. The third-order valence-corrected chi connectivity index (χ3v) is 4.69. The Kier molecular flexibility index (Phi) is 5.50. The van der Waals surface area contributed by atoms with Gasteiger partial charge in [-0.25, -0.2) is 13.6 Å². The van der Waals surface area contributed by atoms with Crippen molar-refractivity contribution in [2.24, 2.45) is 0 Å². The molecule has 7 nitrogen and oxygen atoms in total. The molecule has 27 heavy (non-hydrogen) atoms. The van der Waals surface area contributed by atoms with Gasteiger partial charge in [-0.05, 0) is 19.1 Å². The lowest BCUT2D eigenvalue weighted by atomic mass is 10.1. The van der Waals surface area contributed by atoms with Crippen LogP contribution in [0.3, 0.4) is 0 Å². The van der Waals surface area contributed by atoms with E-state index in [1.807, 2.05) is 4.90 Å². The van der Waals surface area contributed by atoms with Gasteiger partial charge in [-0.3, -0.25) is 14.4 Å². The van der Waals surface area contributed by atoms with Crippen LogP contribution in [0.25, 0.3) is 0 Å². The Morgan fingerprint density at radius 2 is 1.89 bits per heavy atom. The molecule has 1 atom stereocenters. The van der Waals surface area contributed by atoms with Crippen LogP contribution in [0.1, 0.15) is 29.0 Å². The average Bonchev–Trinajstić information content (AvgIpc) is 3.15. The van der Waals surface area contributed by atoms with E-state index in [4.69, 9.17) is 5.11 Å². The topological polar surface area (TPSA) is 78.7 Å². The summed E-state index contributed by atoms with van der Waals surface area (Å²) in [6.07, 6.45) is 1.47. The minimum absolute atomic E-state index is 0.114. The molecule has 9 heteroatoms. The molecule has 1 aliphatic heterocycles. The molecule has 1 aromatic carbocycles. The van der Waals surface area contributed by atoms with Crippen molar-refractivity contribution in [2.45, 2.75) is 19.5 Å². The first-order valence-electron chi connectivity index (χ1n) is 8.59. The Balaban J connectivity index is 1.57. The number of aromatic nitrogens is 2. The first-order valence-corrected chi connectivity index (χ1v) is 8.59. The standard InChI is InChI=1S/C18H20F2N4O3/c1-12(24-6-5-15(21-24)18(26)27)17(25)23-9-7-22(8-10-23)11-13-3-2-4-14(19)16(13)20/h2-6,12H,7-11H2,1H3,(H,26,27). The fourth-order valence-electron chi connectivity index (χ4n) is 3.08. The van der Waals surface area contributed by atoms with Gasteiger partial charge in [-0.1, -0.05) is 12.1 Å². The molecule has 1 fully saturated rings. The summed E-state index contributed by atoms with van der Waals surface area (Å²) < 4.78 is 28.4. The van der Waals surface area contributed by atoms with Crippen molar-refractivity contribution in [3.05, 3.63) is 53.4 Å². The molecule has 0 aliphatic carbocycles. The lowest BCUT2D eigenvalue weighted by molar-refractivity contribution is -0.136. The van der Waals surface area contributed by atoms with Crippen molar-refractivity contribution in [1.82, 2.24) is 19.6 Å². The molecule has 1 N–H and O–H groups in total. The molecule has 1 aromatic heterocycles. The van der Waals surface area contributed by atoms with Crippen LogP contribution in [0.2, 0.25) is 0 Å². The van der Waals surface area contributed by atoms with Gasteiger partial charge in [-0.15, -0.1) is 0 Å². The van der Waals surface area contributed by atoms with Gasteiger partial charge in [0.25, 0.3) is 0 Å². The molecule has 3 rings (SSSR count). The molecule has 2 heterocycles. The summed E-state index contributed by atoms with van der Waals surface area (Å²) in [7, 11) is 0. The van der Waals surface area contributed by atoms with Crippen LogP contribution in [-0.4, -0.2) is 62.7 Å². The van der Waals surface area contributed by atoms with E-state index < -0.39 is 23.6 Å². The van der Waals surface area contributed by atoms with Crippen LogP contribution < -0.4 is 0 Å². The molecule has 0 saturated carbocycles. The second-order valence-electron chi connectivity index (χ2n) is 6.48. The number of amides is 1. The van der Waals surface area contributed by atoms with Crippen LogP contribution in [-0.2, 0) is 11.3 Å². The fraction of sp³-hybridized carbons (Fsp3) is 0.389. The fourth-order valence-corrected chi connectivity index (χ4v) is 3.08. The first-order chi connectivity index (χ1) is 12.9. The van der Waals surface area contributed by atoms with Gasteiger partial charge in [0, 0.05) is 44.5 Å². The number of hydrogen-bond acceptors (Lipinski definition) is 4. The second kappa shape index (κ2) is 7.83. The Morgan fingerprint density at radius 1 is 1.19 bits per heavy atom. The molecular weight excluding hydrogens is 358 g/mol. The molecule has 1 unspecified atom stereocenters. The predicted octanol–water partition coefficient (Wildman–Crippen LogP) is 1.76. The summed E-state index contributed by atoms with van der Waals surface area (Å²) in [5.74, 6) is -3.01. The largest absolute Gasteiger partial charge is 0.476 e. The van der Waals surface area contributed by atoms with Crippen molar-refractivity contribution in [1.29, 1.82) is 0 Å². The third kappa shape index (κ3) is 4.13. The minimum Gasteiger partial charge on any atom is -0.476 e. The number of benzene rings is 1. The summed E-state index contributed by atoms with van der Waals surface area (Å²) >= 11 is 0. The third-order valence-electron chi connectivity index (χ3n) is 4.69. The van der Waals surface area contributed by atoms with Crippen LogP contribution in [0.5, 0.6) is 0 Å². The number of nitrogens with zero attached hydrogens (tertiary/aromatic N) is 4. The molecule has 0 radical (unpaired) electrons. The average molecular weight is 378 g/mol. The van der Waals surface area contributed by atoms with E-state index in [9.17, 15) is 18.4 Å². The van der Waals surface area contributed by atoms with Crippen LogP contribution >= 0.6 is 0 Å². The molecule has 144 valence electrons. The molecule has 0 bridgehead atoms. The van der Waals surface area contributed by atoms with E-state index >= 15 is 0 Å². The number of aromatic carboxylic acids is 1. The smallest absolute Gasteiger partial charge is 0.356 e. The lowest BCUT2D eigenvalue weighted by Crippen LogP contribution is -2.50. The van der Waals surface area contributed by atoms with E-state index in [2.05, 4.69) is 5.10 Å². The number of carboxylic acid groups (broad SMARTS) is 1. The van der Waals surface area contributed by atoms with Crippen LogP contribution in [0, 0.1) is 11.6 Å². The van der Waals surface area contributed by atoms with Gasteiger partial charge < -0.3 is 10.0 Å². The SMILES string of the molecule is CC(C(=O)N1CCN(Cc2cccc(F)c2F)CC1)n1ccc(C(=O)O)n1. The van der Waals surface area contributed by atoms with Crippen molar-refractivity contribution in [3.8, 4) is 0 Å². The van der Waals surface area contributed by atoms with Crippen LogP contribution in [0.15, 0.2) is 30.5 Å². The highest BCUT2D eigenvalue weighted by Crippen LogP contribution is 2.17. The van der Waals surface area contributed by atoms with Crippen molar-refractivity contribution in [3.63, 3.8) is 0 Å². The maximum absolute atomic E-state index is 13.8. The van der Waals surface area contributed by atoms with Gasteiger partial charge in [0.05, 0.1) is 0 Å². The molecule has 2 aromatic rings. The molecule has 1 saturated heterocycles.